The van der Waals surface area contributed by atoms with Crippen molar-refractivity contribution in [2.24, 2.45) is 0 Å². The molecular weight excluding hydrogens is 374 g/mol. The first kappa shape index (κ1) is 19.8. The second kappa shape index (κ2) is 7.38. The number of para-hydroxylation sites is 1. The van der Waals surface area contributed by atoms with Gasteiger partial charge in [-0.2, -0.15) is 0 Å². The summed E-state index contributed by atoms with van der Waals surface area (Å²) in [6.45, 7) is 6.20. The van der Waals surface area contributed by atoms with E-state index in [1.54, 1.807) is 6.07 Å². The predicted octanol–water partition coefficient (Wildman–Crippen LogP) is 6.02. The Morgan fingerprint density at radius 2 is 1.57 bits per heavy atom. The number of hydrogen-bond donors (Lipinski definition) is 1. The molecule has 1 aliphatic rings. The van der Waals surface area contributed by atoms with Gasteiger partial charge in [-0.1, -0.05) is 63.2 Å². The van der Waals surface area contributed by atoms with Crippen molar-refractivity contribution in [3.05, 3.63) is 83.9 Å². The zero-order chi connectivity index (χ0) is 21.5. The van der Waals surface area contributed by atoms with E-state index in [-0.39, 0.29) is 11.2 Å². The molecule has 0 amide bonds. The average Bonchev–Trinajstić information content (AvgIpc) is 2.73. The number of esters is 1. The number of phenolic OH excluding ortho intramolecular Hbond substituents is 1. The van der Waals surface area contributed by atoms with Crippen molar-refractivity contribution in [2.75, 3.05) is 12.0 Å². The Labute approximate surface area is 177 Å². The predicted molar refractivity (Wildman–Crippen MR) is 121 cm³/mol. The van der Waals surface area contributed by atoms with E-state index in [4.69, 9.17) is 4.74 Å². The number of carbonyl (C=O) groups is 1. The third-order valence-electron chi connectivity index (χ3n) is 5.38. The van der Waals surface area contributed by atoms with Gasteiger partial charge in [0.2, 0.25) is 0 Å². The first-order valence-corrected chi connectivity index (χ1v) is 9.93. The summed E-state index contributed by atoms with van der Waals surface area (Å²) in [5.41, 5.74) is 6.28. The second-order valence-electron chi connectivity index (χ2n) is 8.40. The van der Waals surface area contributed by atoms with Crippen LogP contribution in [0, 0.1) is 0 Å². The van der Waals surface area contributed by atoms with Gasteiger partial charge in [0.15, 0.2) is 0 Å². The van der Waals surface area contributed by atoms with Crippen molar-refractivity contribution in [1.82, 2.24) is 0 Å². The number of anilines is 2. The zero-order valence-electron chi connectivity index (χ0n) is 17.6. The maximum Gasteiger partial charge on any atom is 0.332 e. The van der Waals surface area contributed by atoms with Crippen molar-refractivity contribution in [2.45, 2.75) is 26.2 Å². The molecule has 0 fully saturated rings. The van der Waals surface area contributed by atoms with E-state index < -0.39 is 5.97 Å². The van der Waals surface area contributed by atoms with Gasteiger partial charge in [-0.05, 0) is 35.2 Å². The minimum Gasteiger partial charge on any atom is -0.508 e. The highest BCUT2D eigenvalue weighted by molar-refractivity contribution is 6.07. The fraction of sp³-hybridized carbons (Fsp3) is 0.192. The van der Waals surface area contributed by atoms with Gasteiger partial charge in [0.05, 0.1) is 18.5 Å². The van der Waals surface area contributed by atoms with E-state index in [9.17, 15) is 9.90 Å². The first-order valence-electron chi connectivity index (χ1n) is 9.93. The number of carbonyl (C=O) groups excluding carboxylic acids is 1. The number of hydrogen-bond acceptors (Lipinski definition) is 4. The van der Waals surface area contributed by atoms with Gasteiger partial charge >= 0.3 is 5.97 Å². The highest BCUT2D eigenvalue weighted by Gasteiger charge is 2.29. The lowest BCUT2D eigenvalue weighted by molar-refractivity contribution is -0.134. The molecule has 3 aromatic carbocycles. The number of ether oxygens (including phenoxy) is 1. The maximum absolute atomic E-state index is 12.3. The van der Waals surface area contributed by atoms with E-state index >= 15 is 0 Å². The minimum absolute atomic E-state index is 0.237. The van der Waals surface area contributed by atoms with Gasteiger partial charge in [0, 0.05) is 28.5 Å². The Morgan fingerprint density at radius 1 is 0.933 bits per heavy atom. The zero-order valence-corrected chi connectivity index (χ0v) is 17.6. The van der Waals surface area contributed by atoms with E-state index in [0.29, 0.717) is 0 Å². The summed E-state index contributed by atoms with van der Waals surface area (Å²) in [5.74, 6) is -0.158. The number of benzene rings is 3. The molecule has 1 heterocycles. The molecule has 0 spiro atoms. The van der Waals surface area contributed by atoms with Gasteiger partial charge in [-0.15, -0.1) is 0 Å². The molecule has 0 saturated heterocycles. The van der Waals surface area contributed by atoms with E-state index in [2.05, 4.69) is 37.8 Å². The molecule has 30 heavy (non-hydrogen) atoms. The summed E-state index contributed by atoms with van der Waals surface area (Å²) >= 11 is 0. The third-order valence-corrected chi connectivity index (χ3v) is 5.38. The van der Waals surface area contributed by atoms with Crippen LogP contribution in [0.15, 0.2) is 72.8 Å². The summed E-state index contributed by atoms with van der Waals surface area (Å²) in [6.07, 6.45) is 1.53. The summed E-state index contributed by atoms with van der Waals surface area (Å²) in [7, 11) is 1.38. The molecule has 1 aliphatic heterocycles. The normalized spacial score (nSPS) is 14.3. The number of fused-ring (bicyclic) bond motifs is 3. The maximum atomic E-state index is 12.3. The van der Waals surface area contributed by atoms with Crippen LogP contribution in [0.1, 0.15) is 31.9 Å². The standard InChI is InChI=1S/C26H25NO3/c1-26(2,3)21-15-17(13-14-24(21)28)27-22-12-8-7-10-19(22)18-9-5-6-11-20(18)23(27)16-25(29)30-4/h5-16,28H,1-4H3/b23-16+. The molecule has 0 aromatic heterocycles. The second-order valence-corrected chi connectivity index (χ2v) is 8.40. The van der Waals surface area contributed by atoms with Crippen LogP contribution in [-0.4, -0.2) is 18.2 Å². The van der Waals surface area contributed by atoms with Gasteiger partial charge in [0.25, 0.3) is 0 Å². The van der Waals surface area contributed by atoms with Crippen molar-refractivity contribution < 1.29 is 14.6 Å². The first-order chi connectivity index (χ1) is 14.3. The Kier molecular flexibility index (Phi) is 4.86. The average molecular weight is 399 g/mol. The van der Waals surface area contributed by atoms with Crippen molar-refractivity contribution >= 4 is 23.0 Å². The van der Waals surface area contributed by atoms with Gasteiger partial charge in [-0.3, -0.25) is 0 Å². The van der Waals surface area contributed by atoms with E-state index in [0.717, 1.165) is 39.3 Å². The molecule has 4 rings (SSSR count). The number of nitrogens with zero attached hydrogens (tertiary/aromatic N) is 1. The summed E-state index contributed by atoms with van der Waals surface area (Å²) in [6, 6.07) is 21.8. The molecule has 0 atom stereocenters. The molecule has 4 nitrogen and oxygen atoms in total. The number of rotatable bonds is 2. The molecule has 0 unspecified atom stereocenters. The van der Waals surface area contributed by atoms with Crippen LogP contribution < -0.4 is 4.90 Å². The SMILES string of the molecule is COC(=O)/C=C1\c2ccccc2-c2ccccc2N1c1ccc(O)c(C(C)(C)C)c1. The molecule has 152 valence electrons. The topological polar surface area (TPSA) is 49.8 Å². The van der Waals surface area contributed by atoms with Crippen LogP contribution >= 0.6 is 0 Å². The van der Waals surface area contributed by atoms with Crippen LogP contribution in [0.2, 0.25) is 0 Å². The van der Waals surface area contributed by atoms with Crippen LogP contribution in [-0.2, 0) is 14.9 Å². The van der Waals surface area contributed by atoms with Crippen LogP contribution in [0.5, 0.6) is 5.75 Å². The van der Waals surface area contributed by atoms with Gasteiger partial charge in [-0.25, -0.2) is 4.79 Å². The molecule has 1 N–H and O–H groups in total. The Balaban J connectivity index is 2.02. The monoisotopic (exact) mass is 399 g/mol. The lowest BCUT2D eigenvalue weighted by Crippen LogP contribution is -2.22. The molecule has 3 aromatic rings. The molecule has 0 saturated carbocycles. The van der Waals surface area contributed by atoms with Crippen molar-refractivity contribution in [3.63, 3.8) is 0 Å². The fourth-order valence-corrected chi connectivity index (χ4v) is 3.94. The van der Waals surface area contributed by atoms with Crippen LogP contribution in [0.25, 0.3) is 16.8 Å². The largest absolute Gasteiger partial charge is 0.508 e. The van der Waals surface area contributed by atoms with Gasteiger partial charge < -0.3 is 14.7 Å². The Hall–Kier alpha value is -3.53. The quantitative estimate of drug-likeness (QED) is 0.423. The van der Waals surface area contributed by atoms with Crippen LogP contribution in [0.4, 0.5) is 11.4 Å². The highest BCUT2D eigenvalue weighted by atomic mass is 16.5. The minimum atomic E-state index is -0.418. The lowest BCUT2D eigenvalue weighted by atomic mass is 9.85. The fourth-order valence-electron chi connectivity index (χ4n) is 3.94. The Bertz CT molecular complexity index is 1150. The lowest BCUT2D eigenvalue weighted by Gasteiger charge is -2.36. The van der Waals surface area contributed by atoms with Crippen molar-refractivity contribution in [1.29, 1.82) is 0 Å². The number of phenols is 1. The Morgan fingerprint density at radius 3 is 2.23 bits per heavy atom. The smallest absolute Gasteiger partial charge is 0.332 e. The summed E-state index contributed by atoms with van der Waals surface area (Å²) in [5, 5.41) is 10.5. The van der Waals surface area contributed by atoms with Crippen LogP contribution in [0.3, 0.4) is 0 Å². The summed E-state index contributed by atoms with van der Waals surface area (Å²) in [4.78, 5) is 14.4. The van der Waals surface area contributed by atoms with E-state index in [1.807, 2.05) is 48.5 Å². The molecule has 0 radical (unpaired) electrons. The van der Waals surface area contributed by atoms with E-state index in [1.165, 1.54) is 13.2 Å². The van der Waals surface area contributed by atoms with Crippen molar-refractivity contribution in [3.8, 4) is 16.9 Å². The molecule has 4 heteroatoms. The number of aromatic hydroxyl groups is 1. The molecule has 0 aliphatic carbocycles. The third kappa shape index (κ3) is 3.35. The van der Waals surface area contributed by atoms with Gasteiger partial charge in [0.1, 0.15) is 5.75 Å². The number of methoxy groups -OCH3 is 1. The highest BCUT2D eigenvalue weighted by Crippen LogP contribution is 2.48. The molecular formula is C26H25NO3. The molecule has 0 bridgehead atoms. The summed E-state index contributed by atoms with van der Waals surface area (Å²) < 4.78 is 4.96.